The van der Waals surface area contributed by atoms with Crippen LogP contribution < -0.4 is 6.15 Å². The lowest BCUT2D eigenvalue weighted by atomic mass is 9.92. The van der Waals surface area contributed by atoms with Crippen molar-refractivity contribution in [3.63, 3.8) is 0 Å². The van der Waals surface area contributed by atoms with Crippen molar-refractivity contribution in [2.75, 3.05) is 0 Å². The molecule has 0 bridgehead atoms. The van der Waals surface area contributed by atoms with Crippen molar-refractivity contribution in [1.82, 2.24) is 6.15 Å². The summed E-state index contributed by atoms with van der Waals surface area (Å²) >= 11 is 0. The molecule has 4 nitrogen and oxygen atoms in total. The summed E-state index contributed by atoms with van der Waals surface area (Å²) in [6.45, 7) is 9.07. The molecule has 0 aromatic heterocycles. The van der Waals surface area contributed by atoms with Crippen LogP contribution in [0.2, 0.25) is 0 Å². The molecular formula is C30H51NO3S. The Balaban J connectivity index is 0.00000612. The molecule has 5 heteroatoms. The van der Waals surface area contributed by atoms with Crippen LogP contribution in [0.4, 0.5) is 0 Å². The zero-order valence-electron chi connectivity index (χ0n) is 23.1. The number of unbranched alkanes of at least 4 members (excludes halogenated alkanes) is 8. The summed E-state index contributed by atoms with van der Waals surface area (Å²) in [7, 11) is -4.54. The summed E-state index contributed by atoms with van der Waals surface area (Å²) in [5, 5.41) is 1.45. The van der Waals surface area contributed by atoms with Crippen LogP contribution in [0.15, 0.2) is 35.2 Å². The molecule has 0 fully saturated rings. The molecule has 200 valence electrons. The van der Waals surface area contributed by atoms with Gasteiger partial charge in [-0.25, -0.2) is 8.42 Å². The first-order valence-electron chi connectivity index (χ1n) is 13.7. The standard InChI is InChI=1S/C30H48O3S.H3N/c1-24(2)17-11-7-5-9-13-19-26-23-27-20-15-16-22-29(27)30(34(31,32)33)28(26)21-14-10-6-8-12-18-25(3)4;/h15-16,20,22-25H,5-14,17-19,21H2,1-4H3,(H,31,32,33);1H3. The molecule has 2 aromatic carbocycles. The third-order valence-corrected chi connectivity index (χ3v) is 7.85. The minimum absolute atomic E-state index is 0. The first kappa shape index (κ1) is 31.6. The van der Waals surface area contributed by atoms with Crippen LogP contribution in [-0.2, 0) is 23.0 Å². The van der Waals surface area contributed by atoms with E-state index in [0.29, 0.717) is 11.8 Å². The predicted molar refractivity (Wildman–Crippen MR) is 150 cm³/mol. The van der Waals surface area contributed by atoms with Gasteiger partial charge in [0.1, 0.15) is 10.1 Å². The van der Waals surface area contributed by atoms with Gasteiger partial charge in [0.25, 0.3) is 0 Å². The van der Waals surface area contributed by atoms with Crippen LogP contribution in [0.1, 0.15) is 116 Å². The SMILES string of the molecule is CC(C)CCCCCCCc1cc2ccccc2c(S(=O)(=O)[O-])c1CCCCCCCC(C)C.[NH4+]. The van der Waals surface area contributed by atoms with Crippen molar-refractivity contribution in [3.05, 3.63) is 41.5 Å². The Bertz CT molecular complexity index is 967. The zero-order valence-corrected chi connectivity index (χ0v) is 23.9. The second-order valence-electron chi connectivity index (χ2n) is 10.9. The van der Waals surface area contributed by atoms with Crippen molar-refractivity contribution in [1.29, 1.82) is 0 Å². The van der Waals surface area contributed by atoms with Crippen molar-refractivity contribution in [2.24, 2.45) is 11.8 Å². The summed E-state index contributed by atoms with van der Waals surface area (Å²) in [6, 6.07) is 9.60. The molecule has 0 amide bonds. The molecule has 4 N–H and O–H groups in total. The van der Waals surface area contributed by atoms with Gasteiger partial charge in [-0.05, 0) is 59.4 Å². The van der Waals surface area contributed by atoms with Crippen LogP contribution in [0.25, 0.3) is 10.8 Å². The average molecular weight is 506 g/mol. The second-order valence-corrected chi connectivity index (χ2v) is 12.2. The Labute approximate surface area is 215 Å². The molecule has 0 aliphatic carbocycles. The van der Waals surface area contributed by atoms with Crippen LogP contribution in [-0.4, -0.2) is 13.0 Å². The van der Waals surface area contributed by atoms with Crippen LogP contribution in [0, 0.1) is 11.8 Å². The third kappa shape index (κ3) is 11.4. The number of rotatable bonds is 17. The molecule has 35 heavy (non-hydrogen) atoms. The molecule has 2 aromatic rings. The molecule has 0 saturated carbocycles. The molecule has 0 atom stereocenters. The van der Waals surface area contributed by atoms with E-state index in [-0.39, 0.29) is 11.0 Å². The molecule has 0 aliphatic rings. The second kappa shape index (κ2) is 16.3. The first-order valence-corrected chi connectivity index (χ1v) is 15.1. The molecular weight excluding hydrogens is 454 g/mol. The first-order chi connectivity index (χ1) is 16.2. The maximum absolute atomic E-state index is 12.4. The lowest BCUT2D eigenvalue weighted by Crippen LogP contribution is -2.09. The Hall–Kier alpha value is -1.43. The summed E-state index contributed by atoms with van der Waals surface area (Å²) in [5.74, 6) is 1.52. The van der Waals surface area contributed by atoms with Gasteiger partial charge in [-0.2, -0.15) is 0 Å². The van der Waals surface area contributed by atoms with E-state index in [0.717, 1.165) is 60.5 Å². The van der Waals surface area contributed by atoms with Gasteiger partial charge in [-0.1, -0.05) is 122 Å². The van der Waals surface area contributed by atoms with E-state index < -0.39 is 10.1 Å². The highest BCUT2D eigenvalue weighted by Crippen LogP contribution is 2.32. The van der Waals surface area contributed by atoms with Gasteiger partial charge in [0.15, 0.2) is 0 Å². The smallest absolute Gasteiger partial charge is 0.125 e. The molecule has 2 rings (SSSR count). The summed E-state index contributed by atoms with van der Waals surface area (Å²) in [6.07, 6.45) is 15.7. The lowest BCUT2D eigenvalue weighted by molar-refractivity contribution is 0.462. The molecule has 0 heterocycles. The van der Waals surface area contributed by atoms with E-state index in [2.05, 4.69) is 33.8 Å². The van der Waals surface area contributed by atoms with Gasteiger partial charge < -0.3 is 10.7 Å². The van der Waals surface area contributed by atoms with Crippen molar-refractivity contribution in [2.45, 2.75) is 122 Å². The number of aryl methyl sites for hydroxylation is 1. The molecule has 0 unspecified atom stereocenters. The highest BCUT2D eigenvalue weighted by molar-refractivity contribution is 7.86. The van der Waals surface area contributed by atoms with Crippen LogP contribution in [0.3, 0.4) is 0 Å². The fourth-order valence-electron chi connectivity index (χ4n) is 4.98. The number of benzene rings is 2. The Morgan fingerprint density at radius 1 is 0.714 bits per heavy atom. The van der Waals surface area contributed by atoms with Gasteiger partial charge in [0.05, 0.1) is 4.90 Å². The van der Waals surface area contributed by atoms with E-state index >= 15 is 0 Å². The van der Waals surface area contributed by atoms with Gasteiger partial charge >= 0.3 is 0 Å². The molecule has 0 radical (unpaired) electrons. The van der Waals surface area contributed by atoms with Crippen LogP contribution in [0.5, 0.6) is 0 Å². The number of quaternary nitrogens is 1. The van der Waals surface area contributed by atoms with Gasteiger partial charge in [-0.3, -0.25) is 0 Å². The topological polar surface area (TPSA) is 93.7 Å². The van der Waals surface area contributed by atoms with E-state index in [4.69, 9.17) is 0 Å². The zero-order chi connectivity index (χ0) is 25.0. The largest absolute Gasteiger partial charge is 0.744 e. The van der Waals surface area contributed by atoms with Gasteiger partial charge in [-0.15, -0.1) is 0 Å². The Morgan fingerprint density at radius 2 is 1.20 bits per heavy atom. The maximum atomic E-state index is 12.4. The van der Waals surface area contributed by atoms with Crippen molar-refractivity contribution >= 4 is 20.9 Å². The molecule has 0 aliphatic heterocycles. The number of hydrogen-bond donors (Lipinski definition) is 1. The van der Waals surface area contributed by atoms with Crippen molar-refractivity contribution in [3.8, 4) is 0 Å². The van der Waals surface area contributed by atoms with E-state index in [1.807, 2.05) is 18.2 Å². The molecule has 0 saturated heterocycles. The molecule has 0 spiro atoms. The summed E-state index contributed by atoms with van der Waals surface area (Å²) in [4.78, 5) is 0.0392. The summed E-state index contributed by atoms with van der Waals surface area (Å²) < 4.78 is 37.2. The Kier molecular flexibility index (Phi) is 14.8. The highest BCUT2D eigenvalue weighted by Gasteiger charge is 2.18. The predicted octanol–water partition coefficient (Wildman–Crippen LogP) is 9.20. The average Bonchev–Trinajstić information content (AvgIpc) is 2.76. The minimum Gasteiger partial charge on any atom is -0.744 e. The number of hydrogen-bond acceptors (Lipinski definition) is 3. The normalized spacial score (nSPS) is 12.0. The Morgan fingerprint density at radius 3 is 1.74 bits per heavy atom. The number of fused-ring (bicyclic) bond motifs is 1. The minimum atomic E-state index is -4.54. The quantitative estimate of drug-likeness (QED) is 0.171. The van der Waals surface area contributed by atoms with E-state index in [1.165, 1.54) is 51.4 Å². The van der Waals surface area contributed by atoms with E-state index in [9.17, 15) is 13.0 Å². The van der Waals surface area contributed by atoms with Gasteiger partial charge in [0, 0.05) is 0 Å². The third-order valence-electron chi connectivity index (χ3n) is 6.88. The van der Waals surface area contributed by atoms with Crippen molar-refractivity contribution < 1.29 is 13.0 Å². The fourth-order valence-corrected chi connectivity index (χ4v) is 5.97. The summed E-state index contributed by atoms with van der Waals surface area (Å²) in [5.41, 5.74) is 1.85. The maximum Gasteiger partial charge on any atom is 0.125 e. The highest BCUT2D eigenvalue weighted by atomic mass is 32.2. The van der Waals surface area contributed by atoms with Gasteiger partial charge in [0.2, 0.25) is 0 Å². The monoisotopic (exact) mass is 505 g/mol. The van der Waals surface area contributed by atoms with Crippen LogP contribution >= 0.6 is 0 Å². The lowest BCUT2D eigenvalue weighted by Gasteiger charge is -2.20. The van der Waals surface area contributed by atoms with E-state index in [1.54, 1.807) is 6.07 Å². The fraction of sp³-hybridized carbons (Fsp3) is 0.667.